The Kier molecular flexibility index (Phi) is 5.85. The van der Waals surface area contributed by atoms with Crippen LogP contribution in [0.2, 0.25) is 0 Å². The van der Waals surface area contributed by atoms with Gasteiger partial charge in [0.2, 0.25) is 5.91 Å². The van der Waals surface area contributed by atoms with Gasteiger partial charge in [-0.2, -0.15) is 13.2 Å². The molecule has 1 rings (SSSR count). The molecule has 1 atom stereocenters. The molecule has 0 aliphatic rings. The van der Waals surface area contributed by atoms with Gasteiger partial charge in [0, 0.05) is 11.7 Å². The van der Waals surface area contributed by atoms with Crippen LogP contribution in [0.25, 0.3) is 0 Å². The number of hydrogen-bond donors (Lipinski definition) is 2. The van der Waals surface area contributed by atoms with Crippen molar-refractivity contribution in [1.82, 2.24) is 5.32 Å². The highest BCUT2D eigenvalue weighted by molar-refractivity contribution is 5.80. The second kappa shape index (κ2) is 7.17. The number of carbonyl (C=O) groups excluding carboxylic acids is 1. The molecule has 1 aromatic carbocycles. The van der Waals surface area contributed by atoms with E-state index in [-0.39, 0.29) is 24.2 Å². The predicted octanol–water partition coefficient (Wildman–Crippen LogP) is 3.42. The van der Waals surface area contributed by atoms with Crippen molar-refractivity contribution in [3.8, 4) is 0 Å². The lowest BCUT2D eigenvalue weighted by Gasteiger charge is -2.14. The zero-order chi connectivity index (χ0) is 15.2. The van der Waals surface area contributed by atoms with Crippen LogP contribution in [0.3, 0.4) is 0 Å². The van der Waals surface area contributed by atoms with Gasteiger partial charge in [0.1, 0.15) is 0 Å². The van der Waals surface area contributed by atoms with Crippen molar-refractivity contribution in [1.29, 1.82) is 0 Å². The molecule has 0 spiro atoms. The van der Waals surface area contributed by atoms with Crippen molar-refractivity contribution in [2.75, 3.05) is 11.9 Å². The second-order valence-electron chi connectivity index (χ2n) is 4.69. The van der Waals surface area contributed by atoms with Crippen LogP contribution in [-0.2, 0) is 11.0 Å². The van der Waals surface area contributed by atoms with Crippen molar-refractivity contribution in [3.63, 3.8) is 0 Å². The first-order chi connectivity index (χ1) is 9.32. The van der Waals surface area contributed by atoms with Gasteiger partial charge in [0.15, 0.2) is 0 Å². The summed E-state index contributed by atoms with van der Waals surface area (Å²) in [7, 11) is 0. The van der Waals surface area contributed by atoms with Crippen molar-refractivity contribution < 1.29 is 18.0 Å². The Hall–Kier alpha value is -1.72. The molecule has 0 aliphatic heterocycles. The lowest BCUT2D eigenvalue weighted by molar-refractivity contribution is -0.137. The monoisotopic (exact) mass is 288 g/mol. The highest BCUT2D eigenvalue weighted by Crippen LogP contribution is 2.30. The molecule has 1 unspecified atom stereocenters. The molecule has 0 radical (unpaired) electrons. The second-order valence-corrected chi connectivity index (χ2v) is 4.69. The average Bonchev–Trinajstić information content (AvgIpc) is 2.36. The number of alkyl halides is 3. The Morgan fingerprint density at radius 1 is 1.35 bits per heavy atom. The Balaban J connectivity index is 2.52. The van der Waals surface area contributed by atoms with Crippen LogP contribution in [0.5, 0.6) is 0 Å². The minimum atomic E-state index is -4.38. The first-order valence-corrected chi connectivity index (χ1v) is 6.53. The van der Waals surface area contributed by atoms with E-state index >= 15 is 0 Å². The van der Waals surface area contributed by atoms with E-state index in [0.29, 0.717) is 0 Å². The fourth-order valence-corrected chi connectivity index (χ4v) is 1.82. The largest absolute Gasteiger partial charge is 0.416 e. The number of hydrogen-bond acceptors (Lipinski definition) is 2. The molecule has 0 saturated carbocycles. The predicted molar refractivity (Wildman–Crippen MR) is 72.4 cm³/mol. The molecular weight excluding hydrogens is 269 g/mol. The molecule has 112 valence electrons. The van der Waals surface area contributed by atoms with Crippen LogP contribution in [-0.4, -0.2) is 18.5 Å². The highest BCUT2D eigenvalue weighted by Gasteiger charge is 2.30. The minimum absolute atomic E-state index is 0.0463. The third-order valence-electron chi connectivity index (χ3n) is 2.77. The molecule has 0 aromatic heterocycles. The molecule has 20 heavy (non-hydrogen) atoms. The van der Waals surface area contributed by atoms with E-state index in [9.17, 15) is 18.0 Å². The topological polar surface area (TPSA) is 41.1 Å². The van der Waals surface area contributed by atoms with Crippen molar-refractivity contribution >= 4 is 11.6 Å². The van der Waals surface area contributed by atoms with E-state index < -0.39 is 11.7 Å². The summed E-state index contributed by atoms with van der Waals surface area (Å²) in [6, 6.07) is 4.86. The van der Waals surface area contributed by atoms with Gasteiger partial charge in [-0.3, -0.25) is 4.79 Å². The van der Waals surface area contributed by atoms with Crippen molar-refractivity contribution in [2.24, 2.45) is 0 Å². The third kappa shape index (κ3) is 5.50. The van der Waals surface area contributed by atoms with Gasteiger partial charge in [-0.05, 0) is 31.5 Å². The van der Waals surface area contributed by atoms with Gasteiger partial charge in [-0.25, -0.2) is 0 Å². The SMILES string of the molecule is CCCC(C)NC(=O)CNc1cccc(C(F)(F)F)c1. The van der Waals surface area contributed by atoms with Gasteiger partial charge < -0.3 is 10.6 Å². The zero-order valence-corrected chi connectivity index (χ0v) is 11.6. The number of anilines is 1. The summed E-state index contributed by atoms with van der Waals surface area (Å²) >= 11 is 0. The molecule has 1 aromatic rings. The van der Waals surface area contributed by atoms with E-state index in [4.69, 9.17) is 0 Å². The first-order valence-electron chi connectivity index (χ1n) is 6.53. The molecule has 0 fully saturated rings. The zero-order valence-electron chi connectivity index (χ0n) is 11.6. The fourth-order valence-electron chi connectivity index (χ4n) is 1.82. The summed E-state index contributed by atoms with van der Waals surface area (Å²) in [5, 5.41) is 5.46. The molecule has 0 aliphatic carbocycles. The van der Waals surface area contributed by atoms with Gasteiger partial charge in [0.05, 0.1) is 12.1 Å². The van der Waals surface area contributed by atoms with Crippen LogP contribution in [0.1, 0.15) is 32.3 Å². The van der Waals surface area contributed by atoms with Crippen LogP contribution in [0.15, 0.2) is 24.3 Å². The Labute approximate surface area is 116 Å². The highest BCUT2D eigenvalue weighted by atomic mass is 19.4. The van der Waals surface area contributed by atoms with Crippen LogP contribution < -0.4 is 10.6 Å². The first kappa shape index (κ1) is 16.3. The number of halogens is 3. The quantitative estimate of drug-likeness (QED) is 0.842. The maximum atomic E-state index is 12.5. The maximum absolute atomic E-state index is 12.5. The fraction of sp³-hybridized carbons (Fsp3) is 0.500. The summed E-state index contributed by atoms with van der Waals surface area (Å²) in [6.45, 7) is 3.87. The summed E-state index contributed by atoms with van der Waals surface area (Å²) in [4.78, 5) is 11.6. The molecule has 6 heteroatoms. The number of amides is 1. The summed E-state index contributed by atoms with van der Waals surface area (Å²) in [5.41, 5.74) is -0.458. The molecule has 1 amide bonds. The normalized spacial score (nSPS) is 12.8. The summed E-state index contributed by atoms with van der Waals surface area (Å²) in [5.74, 6) is -0.233. The van der Waals surface area contributed by atoms with Crippen LogP contribution >= 0.6 is 0 Å². The molecule has 2 N–H and O–H groups in total. The smallest absolute Gasteiger partial charge is 0.376 e. The lowest BCUT2D eigenvalue weighted by Crippen LogP contribution is -2.36. The van der Waals surface area contributed by atoms with Crippen molar-refractivity contribution in [3.05, 3.63) is 29.8 Å². The van der Waals surface area contributed by atoms with E-state index in [1.807, 2.05) is 13.8 Å². The average molecular weight is 288 g/mol. The van der Waals surface area contributed by atoms with Gasteiger partial charge in [0.25, 0.3) is 0 Å². The van der Waals surface area contributed by atoms with Crippen LogP contribution in [0, 0.1) is 0 Å². The van der Waals surface area contributed by atoms with Crippen LogP contribution in [0.4, 0.5) is 18.9 Å². The Bertz CT molecular complexity index is 446. The molecule has 0 saturated heterocycles. The lowest BCUT2D eigenvalue weighted by atomic mass is 10.2. The standard InChI is InChI=1S/C14H19F3N2O/c1-3-5-10(2)19-13(20)9-18-12-7-4-6-11(8-12)14(15,16)17/h4,6-8,10,18H,3,5,9H2,1-2H3,(H,19,20). The molecule has 3 nitrogen and oxygen atoms in total. The summed E-state index contributed by atoms with van der Waals surface area (Å²) in [6.07, 6.45) is -2.55. The Morgan fingerprint density at radius 2 is 2.05 bits per heavy atom. The maximum Gasteiger partial charge on any atom is 0.416 e. The molecule has 0 heterocycles. The third-order valence-corrected chi connectivity index (χ3v) is 2.77. The van der Waals surface area contributed by atoms with E-state index in [1.165, 1.54) is 12.1 Å². The van der Waals surface area contributed by atoms with E-state index in [0.717, 1.165) is 25.0 Å². The van der Waals surface area contributed by atoms with Gasteiger partial charge in [-0.1, -0.05) is 19.4 Å². The van der Waals surface area contributed by atoms with E-state index in [2.05, 4.69) is 10.6 Å². The van der Waals surface area contributed by atoms with Crippen molar-refractivity contribution in [2.45, 2.75) is 38.9 Å². The Morgan fingerprint density at radius 3 is 2.65 bits per heavy atom. The minimum Gasteiger partial charge on any atom is -0.376 e. The summed E-state index contributed by atoms with van der Waals surface area (Å²) < 4.78 is 37.5. The number of benzene rings is 1. The number of carbonyl (C=O) groups is 1. The molecule has 0 bridgehead atoms. The van der Waals surface area contributed by atoms with Gasteiger partial charge in [-0.15, -0.1) is 0 Å². The molecular formula is C14H19F3N2O. The van der Waals surface area contributed by atoms with Gasteiger partial charge >= 0.3 is 6.18 Å². The number of rotatable bonds is 6. The van der Waals surface area contributed by atoms with E-state index in [1.54, 1.807) is 0 Å². The number of nitrogens with one attached hydrogen (secondary N) is 2.